The molecule has 1 aromatic rings. The molecule has 2 amide bonds. The molecule has 22 heavy (non-hydrogen) atoms. The molecule has 0 radical (unpaired) electrons. The number of carbonyl (C=O) groups is 2. The van der Waals surface area contributed by atoms with E-state index in [4.69, 9.17) is 4.74 Å². The van der Waals surface area contributed by atoms with Crippen molar-refractivity contribution in [2.24, 2.45) is 11.8 Å². The lowest BCUT2D eigenvalue weighted by Crippen LogP contribution is -2.34. The maximum Gasteiger partial charge on any atom is 0.227 e. The van der Waals surface area contributed by atoms with Crippen molar-refractivity contribution in [1.82, 2.24) is 15.1 Å². The Bertz CT molecular complexity index is 527. The number of methoxy groups -OCH3 is 1. The molecule has 2 rings (SSSR count). The molecule has 122 valence electrons. The number of ether oxygens (including phenoxy) is 1. The van der Waals surface area contributed by atoms with E-state index in [1.807, 2.05) is 10.9 Å². The van der Waals surface area contributed by atoms with Gasteiger partial charge in [0, 0.05) is 39.4 Å². The molecule has 1 aliphatic heterocycles. The van der Waals surface area contributed by atoms with Crippen LogP contribution in [-0.2, 0) is 20.9 Å². The van der Waals surface area contributed by atoms with Crippen molar-refractivity contribution in [3.8, 4) is 0 Å². The van der Waals surface area contributed by atoms with Gasteiger partial charge in [0.15, 0.2) is 0 Å². The molecular weight excluding hydrogens is 284 g/mol. The van der Waals surface area contributed by atoms with Gasteiger partial charge in [-0.15, -0.1) is 0 Å². The van der Waals surface area contributed by atoms with Crippen LogP contribution < -0.4 is 10.2 Å². The third-order valence-electron chi connectivity index (χ3n) is 3.58. The molecule has 0 unspecified atom stereocenters. The highest BCUT2D eigenvalue weighted by Gasteiger charge is 2.35. The van der Waals surface area contributed by atoms with Gasteiger partial charge in [0.2, 0.25) is 11.8 Å². The Kier molecular flexibility index (Phi) is 5.54. The number of carbonyl (C=O) groups excluding carboxylic acids is 2. The second-order valence-electron chi connectivity index (χ2n) is 6.00. The van der Waals surface area contributed by atoms with Crippen LogP contribution in [0.5, 0.6) is 0 Å². The van der Waals surface area contributed by atoms with Crippen molar-refractivity contribution in [2.45, 2.75) is 26.8 Å². The first-order valence-corrected chi connectivity index (χ1v) is 7.60. The lowest BCUT2D eigenvalue weighted by atomic mass is 10.1. The molecule has 1 aromatic heterocycles. The summed E-state index contributed by atoms with van der Waals surface area (Å²) in [5.74, 6) is 0.0533. The molecule has 0 aromatic carbocycles. The molecule has 1 atom stereocenters. The smallest absolute Gasteiger partial charge is 0.227 e. The summed E-state index contributed by atoms with van der Waals surface area (Å²) in [6.07, 6.45) is 3.79. The number of anilines is 1. The van der Waals surface area contributed by atoms with E-state index in [0.717, 1.165) is 12.2 Å². The first-order valence-electron chi connectivity index (χ1n) is 7.60. The van der Waals surface area contributed by atoms with Gasteiger partial charge in [-0.3, -0.25) is 14.3 Å². The van der Waals surface area contributed by atoms with E-state index in [9.17, 15) is 9.59 Å². The zero-order valence-corrected chi connectivity index (χ0v) is 13.4. The molecule has 0 bridgehead atoms. The second-order valence-corrected chi connectivity index (χ2v) is 6.00. The van der Waals surface area contributed by atoms with Gasteiger partial charge in [0.05, 0.1) is 24.4 Å². The maximum absolute atomic E-state index is 12.1. The molecule has 2 heterocycles. The highest BCUT2D eigenvalue weighted by molar-refractivity contribution is 6.00. The topological polar surface area (TPSA) is 76.5 Å². The molecule has 1 N–H and O–H groups in total. The number of hydrogen-bond donors (Lipinski definition) is 1. The van der Waals surface area contributed by atoms with Crippen LogP contribution in [0.15, 0.2) is 12.4 Å². The van der Waals surface area contributed by atoms with Crippen LogP contribution in [0, 0.1) is 11.8 Å². The average molecular weight is 308 g/mol. The minimum atomic E-state index is -0.308. The third kappa shape index (κ3) is 4.07. The minimum absolute atomic E-state index is 0.0315. The third-order valence-corrected chi connectivity index (χ3v) is 3.58. The fourth-order valence-electron chi connectivity index (χ4n) is 2.52. The van der Waals surface area contributed by atoms with Crippen LogP contribution in [0.1, 0.15) is 20.3 Å². The van der Waals surface area contributed by atoms with Gasteiger partial charge in [0.25, 0.3) is 0 Å². The van der Waals surface area contributed by atoms with Crippen molar-refractivity contribution in [3.05, 3.63) is 12.4 Å². The summed E-state index contributed by atoms with van der Waals surface area (Å²) in [5.41, 5.74) is 0.762. The zero-order valence-electron chi connectivity index (χ0n) is 13.4. The summed E-state index contributed by atoms with van der Waals surface area (Å²) in [7, 11) is 1.59. The molecule has 7 nitrogen and oxygen atoms in total. The Morgan fingerprint density at radius 3 is 3.00 bits per heavy atom. The van der Waals surface area contributed by atoms with Gasteiger partial charge < -0.3 is 15.0 Å². The summed E-state index contributed by atoms with van der Waals surface area (Å²) in [5, 5.41) is 7.06. The Balaban J connectivity index is 1.94. The molecular formula is C15H24N4O3. The van der Waals surface area contributed by atoms with Gasteiger partial charge in [-0.25, -0.2) is 0 Å². The largest absolute Gasteiger partial charge is 0.383 e. The minimum Gasteiger partial charge on any atom is -0.383 e. The van der Waals surface area contributed by atoms with E-state index in [2.05, 4.69) is 24.3 Å². The number of nitrogens with zero attached hydrogens (tertiary/aromatic N) is 3. The lowest BCUT2D eigenvalue weighted by Gasteiger charge is -2.14. The first-order chi connectivity index (χ1) is 10.5. The molecule has 0 spiro atoms. The molecule has 0 aliphatic carbocycles. The highest BCUT2D eigenvalue weighted by Crippen LogP contribution is 2.24. The van der Waals surface area contributed by atoms with Gasteiger partial charge in [-0.2, -0.15) is 5.10 Å². The van der Waals surface area contributed by atoms with Crippen molar-refractivity contribution < 1.29 is 14.3 Å². The fraction of sp³-hybridized carbons (Fsp3) is 0.667. The predicted molar refractivity (Wildman–Crippen MR) is 82.4 cm³/mol. The molecule has 1 aliphatic rings. The van der Waals surface area contributed by atoms with Crippen molar-refractivity contribution in [2.75, 3.05) is 31.7 Å². The standard InChI is InChI=1S/C15H24N4O3/c1-11(2)8-18-10-13(7-17-18)19-9-12(6-14(19)20)15(21)16-4-5-22-3/h7,10-12H,4-6,8-9H2,1-3H3,(H,16,21)/t12-/m0/s1. The number of rotatable bonds is 7. The van der Waals surface area contributed by atoms with Gasteiger partial charge >= 0.3 is 0 Å². The van der Waals surface area contributed by atoms with E-state index >= 15 is 0 Å². The Morgan fingerprint density at radius 2 is 2.32 bits per heavy atom. The number of aromatic nitrogens is 2. The van der Waals surface area contributed by atoms with Crippen LogP contribution in [0.3, 0.4) is 0 Å². The van der Waals surface area contributed by atoms with Crippen molar-refractivity contribution in [1.29, 1.82) is 0 Å². The van der Waals surface area contributed by atoms with E-state index in [-0.39, 0.29) is 24.2 Å². The van der Waals surface area contributed by atoms with Crippen LogP contribution >= 0.6 is 0 Å². The maximum atomic E-state index is 12.1. The summed E-state index contributed by atoms with van der Waals surface area (Å²) in [4.78, 5) is 25.8. The van der Waals surface area contributed by atoms with Crippen LogP contribution in [0.4, 0.5) is 5.69 Å². The number of nitrogens with one attached hydrogen (secondary N) is 1. The summed E-state index contributed by atoms with van der Waals surface area (Å²) in [6.45, 7) is 6.38. The molecule has 1 saturated heterocycles. The quantitative estimate of drug-likeness (QED) is 0.751. The number of hydrogen-bond acceptors (Lipinski definition) is 4. The summed E-state index contributed by atoms with van der Waals surface area (Å²) < 4.78 is 6.73. The van der Waals surface area contributed by atoms with E-state index in [0.29, 0.717) is 25.6 Å². The van der Waals surface area contributed by atoms with Gasteiger partial charge in [-0.1, -0.05) is 13.8 Å². The van der Waals surface area contributed by atoms with Crippen LogP contribution in [-0.4, -0.2) is 48.4 Å². The molecule has 1 fully saturated rings. The predicted octanol–water partition coefficient (Wildman–Crippen LogP) is 0.655. The van der Waals surface area contributed by atoms with E-state index in [1.165, 1.54) is 0 Å². The average Bonchev–Trinajstić information content (AvgIpc) is 3.05. The Labute approximate surface area is 130 Å². The number of amides is 2. The lowest BCUT2D eigenvalue weighted by molar-refractivity contribution is -0.126. The first kappa shape index (κ1) is 16.5. The van der Waals surface area contributed by atoms with E-state index < -0.39 is 0 Å². The second kappa shape index (κ2) is 7.40. The Hall–Kier alpha value is -1.89. The highest BCUT2D eigenvalue weighted by atomic mass is 16.5. The zero-order chi connectivity index (χ0) is 16.1. The van der Waals surface area contributed by atoms with Crippen molar-refractivity contribution in [3.63, 3.8) is 0 Å². The van der Waals surface area contributed by atoms with Crippen LogP contribution in [0.25, 0.3) is 0 Å². The van der Waals surface area contributed by atoms with Crippen LogP contribution in [0.2, 0.25) is 0 Å². The molecule has 0 saturated carbocycles. The van der Waals surface area contributed by atoms with E-state index in [1.54, 1.807) is 18.2 Å². The normalized spacial score (nSPS) is 18.3. The Morgan fingerprint density at radius 1 is 1.55 bits per heavy atom. The summed E-state index contributed by atoms with van der Waals surface area (Å²) in [6, 6.07) is 0. The monoisotopic (exact) mass is 308 g/mol. The van der Waals surface area contributed by atoms with Crippen molar-refractivity contribution >= 4 is 17.5 Å². The van der Waals surface area contributed by atoms with Gasteiger partial charge in [-0.05, 0) is 5.92 Å². The molecule has 7 heteroatoms. The fourth-order valence-corrected chi connectivity index (χ4v) is 2.52. The SMILES string of the molecule is COCCNC(=O)[C@H]1CC(=O)N(c2cnn(CC(C)C)c2)C1. The summed E-state index contributed by atoms with van der Waals surface area (Å²) >= 11 is 0. The van der Waals surface area contributed by atoms with Gasteiger partial charge in [0.1, 0.15) is 0 Å².